The van der Waals surface area contributed by atoms with Gasteiger partial charge in [-0.15, -0.1) is 0 Å². The highest BCUT2D eigenvalue weighted by Gasteiger charge is 2.81. The van der Waals surface area contributed by atoms with Gasteiger partial charge in [-0.1, -0.05) is 41.5 Å². The molecule has 4 aliphatic rings. The lowest BCUT2D eigenvalue weighted by Crippen LogP contribution is -2.83. The van der Waals surface area contributed by atoms with Crippen LogP contribution >= 0.6 is 0 Å². The highest BCUT2D eigenvalue weighted by molar-refractivity contribution is 4.97. The van der Waals surface area contributed by atoms with Crippen molar-refractivity contribution in [3.05, 3.63) is 0 Å². The Hall–Kier alpha value is -0.160. The second kappa shape index (κ2) is 8.07. The molecule has 3 atom stereocenters. The maximum absolute atomic E-state index is 3.13. The molecule has 168 valence electrons. The average Bonchev–Trinajstić information content (AvgIpc) is 3.42. The van der Waals surface area contributed by atoms with Gasteiger partial charge in [0.1, 0.15) is 12.6 Å². The minimum Gasteiger partial charge on any atom is -0.241 e. The van der Waals surface area contributed by atoms with Crippen LogP contribution in [0.3, 0.4) is 0 Å². The molecule has 4 aliphatic heterocycles. The van der Waals surface area contributed by atoms with E-state index in [0.717, 1.165) is 23.9 Å². The summed E-state index contributed by atoms with van der Waals surface area (Å²) in [6, 6.07) is 1.59. The summed E-state index contributed by atoms with van der Waals surface area (Å²) in [4.78, 5) is 6.22. The lowest BCUT2D eigenvalue weighted by Gasteiger charge is -2.57. The zero-order valence-corrected chi connectivity index (χ0v) is 20.5. The molecule has 0 N–H and O–H groups in total. The Morgan fingerprint density at radius 2 is 1.41 bits per heavy atom. The summed E-state index contributed by atoms with van der Waals surface area (Å²) in [5.41, 5.74) is 0. The Bertz CT molecular complexity index is 561. The molecule has 0 aromatic carbocycles. The highest BCUT2D eigenvalue weighted by Crippen LogP contribution is 2.57. The fourth-order valence-electron chi connectivity index (χ4n) is 8.48. The number of quaternary nitrogens is 2. The van der Waals surface area contributed by atoms with E-state index < -0.39 is 0 Å². The Labute approximate surface area is 181 Å². The van der Waals surface area contributed by atoms with Crippen molar-refractivity contribution >= 4 is 0 Å². The number of nitrogens with zero attached hydrogens (tertiary/aromatic N) is 4. The van der Waals surface area contributed by atoms with Crippen molar-refractivity contribution in [2.24, 2.45) is 11.8 Å². The summed E-state index contributed by atoms with van der Waals surface area (Å²) >= 11 is 0. The predicted octanol–water partition coefficient (Wildman–Crippen LogP) is 4.32. The molecule has 3 spiro atoms. The molecule has 0 bridgehead atoms. The standard InChI is InChI=1S/C25H50N4/c1-7-23-20-28(13-9-10-14-28)25(27(23)18-22(5)6)26(17-21(3)4)19-24(8-2)29(25)15-11-12-16-29/h21-24H,7-20H2,1-6H3/q+2. The minimum atomic E-state index is 0.225. The van der Waals surface area contributed by atoms with Crippen LogP contribution in [0.5, 0.6) is 0 Å². The molecule has 29 heavy (non-hydrogen) atoms. The molecule has 4 fully saturated rings. The van der Waals surface area contributed by atoms with Gasteiger partial charge in [-0.2, -0.15) is 9.80 Å². The highest BCUT2D eigenvalue weighted by atomic mass is 15.9. The lowest BCUT2D eigenvalue weighted by molar-refractivity contribution is -1.17. The maximum atomic E-state index is 3.13. The molecule has 4 heteroatoms. The first kappa shape index (κ1) is 22.0. The smallest absolute Gasteiger partial charge is 0.241 e. The zero-order valence-electron chi connectivity index (χ0n) is 20.5. The van der Waals surface area contributed by atoms with Crippen LogP contribution in [0, 0.1) is 11.8 Å². The summed E-state index contributed by atoms with van der Waals surface area (Å²) in [5.74, 6) is 1.71. The summed E-state index contributed by atoms with van der Waals surface area (Å²) < 4.78 is 2.82. The van der Waals surface area contributed by atoms with Crippen molar-refractivity contribution in [2.75, 3.05) is 52.4 Å². The van der Waals surface area contributed by atoms with Gasteiger partial charge in [0, 0.05) is 38.8 Å². The SMILES string of the molecule is CCC1C[N+]2(CCCC2)C2(N(CC(C)C)CC(CC)[N+]23CCCC3)N1CC(C)C. The van der Waals surface area contributed by atoms with Crippen molar-refractivity contribution in [3.63, 3.8) is 0 Å². The van der Waals surface area contributed by atoms with Gasteiger partial charge in [0.25, 0.3) is 0 Å². The summed E-state index contributed by atoms with van der Waals surface area (Å²) in [5, 5.41) is 0. The second-order valence-electron chi connectivity index (χ2n) is 11.7. The molecule has 0 aromatic heterocycles. The molecule has 4 nitrogen and oxygen atoms in total. The van der Waals surface area contributed by atoms with Gasteiger partial charge in [-0.05, 0) is 24.7 Å². The first-order valence-electron chi connectivity index (χ1n) is 13.1. The van der Waals surface area contributed by atoms with Crippen LogP contribution in [0.4, 0.5) is 0 Å². The molecule has 0 aromatic rings. The lowest BCUT2D eigenvalue weighted by atomic mass is 10.1. The molecular formula is C25H50N4+2. The van der Waals surface area contributed by atoms with Gasteiger partial charge < -0.3 is 0 Å². The fraction of sp³-hybridized carbons (Fsp3) is 1.00. The molecule has 4 saturated heterocycles. The van der Waals surface area contributed by atoms with E-state index in [1.807, 2.05) is 0 Å². The molecule has 0 aliphatic carbocycles. The van der Waals surface area contributed by atoms with Gasteiger partial charge in [0.2, 0.25) is 0 Å². The normalized spacial score (nSPS) is 36.8. The topological polar surface area (TPSA) is 6.48 Å². The Balaban J connectivity index is 1.94. The third-order valence-corrected chi connectivity index (χ3v) is 9.05. The van der Waals surface area contributed by atoms with E-state index in [9.17, 15) is 0 Å². The van der Waals surface area contributed by atoms with Crippen LogP contribution < -0.4 is 0 Å². The van der Waals surface area contributed by atoms with Gasteiger partial charge in [0.15, 0.2) is 0 Å². The largest absolute Gasteiger partial charge is 0.357 e. The second-order valence-corrected chi connectivity index (χ2v) is 11.7. The molecule has 0 amide bonds. The van der Waals surface area contributed by atoms with Crippen LogP contribution in [0.2, 0.25) is 0 Å². The summed E-state index contributed by atoms with van der Waals surface area (Å²) in [6.45, 7) is 25.8. The van der Waals surface area contributed by atoms with Crippen LogP contribution in [-0.4, -0.2) is 89.1 Å². The quantitative estimate of drug-likeness (QED) is 0.606. The predicted molar refractivity (Wildman–Crippen MR) is 122 cm³/mol. The Morgan fingerprint density at radius 1 is 0.828 bits per heavy atom. The van der Waals surface area contributed by atoms with E-state index in [0.29, 0.717) is 0 Å². The minimum absolute atomic E-state index is 0.225. The van der Waals surface area contributed by atoms with E-state index in [1.165, 1.54) is 99.8 Å². The third-order valence-electron chi connectivity index (χ3n) is 9.05. The Kier molecular flexibility index (Phi) is 6.14. The van der Waals surface area contributed by atoms with E-state index in [1.54, 1.807) is 0 Å². The molecule has 0 radical (unpaired) electrons. The fourth-order valence-corrected chi connectivity index (χ4v) is 8.48. The van der Waals surface area contributed by atoms with Crippen molar-refractivity contribution in [2.45, 2.75) is 98.1 Å². The molecular weight excluding hydrogens is 356 g/mol. The van der Waals surface area contributed by atoms with E-state index >= 15 is 0 Å². The zero-order chi connectivity index (χ0) is 20.9. The van der Waals surface area contributed by atoms with E-state index in [-0.39, 0.29) is 5.91 Å². The molecule has 0 saturated carbocycles. The number of rotatable bonds is 6. The molecule has 4 heterocycles. The number of hydrogen-bond acceptors (Lipinski definition) is 2. The monoisotopic (exact) mass is 406 g/mol. The van der Waals surface area contributed by atoms with Gasteiger partial charge in [-0.25, -0.2) is 8.97 Å². The van der Waals surface area contributed by atoms with Gasteiger partial charge >= 0.3 is 5.91 Å². The van der Waals surface area contributed by atoms with E-state index in [4.69, 9.17) is 0 Å². The third kappa shape index (κ3) is 2.99. The van der Waals surface area contributed by atoms with Gasteiger partial charge in [-0.3, -0.25) is 0 Å². The van der Waals surface area contributed by atoms with Crippen molar-refractivity contribution in [1.29, 1.82) is 0 Å². The van der Waals surface area contributed by atoms with Crippen LogP contribution in [0.1, 0.15) is 80.1 Å². The van der Waals surface area contributed by atoms with Crippen LogP contribution in [0.25, 0.3) is 0 Å². The van der Waals surface area contributed by atoms with Crippen LogP contribution in [-0.2, 0) is 0 Å². The van der Waals surface area contributed by atoms with Crippen LogP contribution in [0.15, 0.2) is 0 Å². The average molecular weight is 407 g/mol. The summed E-state index contributed by atoms with van der Waals surface area (Å²) in [6.07, 6.45) is 8.45. The number of fused-ring (bicyclic) bond motifs is 2. The molecule has 3 unspecified atom stereocenters. The first-order valence-corrected chi connectivity index (χ1v) is 13.1. The Morgan fingerprint density at radius 3 is 1.93 bits per heavy atom. The number of hydrogen-bond donors (Lipinski definition) is 0. The van der Waals surface area contributed by atoms with Crippen molar-refractivity contribution in [1.82, 2.24) is 9.80 Å². The van der Waals surface area contributed by atoms with Crippen molar-refractivity contribution < 1.29 is 8.97 Å². The first-order chi connectivity index (χ1) is 13.9. The maximum Gasteiger partial charge on any atom is 0.357 e. The van der Waals surface area contributed by atoms with Crippen molar-refractivity contribution in [3.8, 4) is 0 Å². The summed E-state index contributed by atoms with van der Waals surface area (Å²) in [7, 11) is 0. The van der Waals surface area contributed by atoms with E-state index in [2.05, 4.69) is 51.3 Å². The van der Waals surface area contributed by atoms with Gasteiger partial charge in [0.05, 0.1) is 38.8 Å². The molecule has 4 rings (SSSR count).